The lowest BCUT2D eigenvalue weighted by Gasteiger charge is -1.99. The Labute approximate surface area is 63.0 Å². The van der Waals surface area contributed by atoms with Crippen molar-refractivity contribution in [3.05, 3.63) is 12.2 Å². The smallest absolute Gasteiger partial charge is 0.302 e. The number of hydrogen-bond acceptors (Lipinski definition) is 2. The minimum Gasteiger partial charge on any atom is -0.461 e. The van der Waals surface area contributed by atoms with Gasteiger partial charge in [-0.3, -0.25) is 4.79 Å². The first kappa shape index (κ1) is 8.69. The van der Waals surface area contributed by atoms with E-state index in [9.17, 15) is 4.79 Å². The summed E-state index contributed by atoms with van der Waals surface area (Å²) in [6.07, 6.45) is 0. The molecule has 3 heteroatoms. The normalized spacial score (nSPS) is 8.67. The van der Waals surface area contributed by atoms with Crippen molar-refractivity contribution in [2.24, 2.45) is 0 Å². The van der Waals surface area contributed by atoms with Crippen LogP contribution < -0.4 is 0 Å². The number of carbonyl (C=O) groups is 1. The van der Waals surface area contributed by atoms with Gasteiger partial charge in [0, 0.05) is 12.3 Å². The minimum atomic E-state index is -0.267. The van der Waals surface area contributed by atoms with Crippen LogP contribution in [0.3, 0.4) is 0 Å². The fourth-order valence-corrected chi connectivity index (χ4v) is 0.404. The Morgan fingerprint density at radius 2 is 2.33 bits per heavy atom. The molecule has 0 heterocycles. The summed E-state index contributed by atoms with van der Waals surface area (Å²) >= 11 is 3.17. The maximum absolute atomic E-state index is 10.2. The van der Waals surface area contributed by atoms with E-state index in [1.165, 1.54) is 6.92 Å². The third-order valence-corrected chi connectivity index (χ3v) is 1.46. The van der Waals surface area contributed by atoms with Gasteiger partial charge in [0.25, 0.3) is 0 Å². The van der Waals surface area contributed by atoms with Crippen LogP contribution in [0.4, 0.5) is 0 Å². The molecular formula is C6H9BrO2. The van der Waals surface area contributed by atoms with Gasteiger partial charge in [-0.25, -0.2) is 0 Å². The molecule has 0 aliphatic rings. The topological polar surface area (TPSA) is 26.3 Å². The summed E-state index contributed by atoms with van der Waals surface area (Å²) in [5, 5.41) is 0.681. The maximum Gasteiger partial charge on any atom is 0.302 e. The first-order valence-corrected chi connectivity index (χ1v) is 3.65. The Hall–Kier alpha value is -0.310. The van der Waals surface area contributed by atoms with E-state index in [0.717, 1.165) is 5.57 Å². The number of halogens is 1. The van der Waals surface area contributed by atoms with Crippen LogP contribution in [-0.2, 0) is 9.53 Å². The summed E-state index contributed by atoms with van der Waals surface area (Å²) in [6, 6.07) is 0. The predicted molar refractivity (Wildman–Crippen MR) is 39.6 cm³/mol. The standard InChI is InChI=1S/C6H9BrO2/c1-5(3-7)4-9-6(2)8/h1,3-4H2,2H3. The quantitative estimate of drug-likeness (QED) is 0.385. The van der Waals surface area contributed by atoms with Crippen molar-refractivity contribution in [2.75, 3.05) is 11.9 Å². The zero-order valence-corrected chi connectivity index (χ0v) is 6.90. The van der Waals surface area contributed by atoms with Gasteiger partial charge in [0.05, 0.1) is 0 Å². The molecule has 0 amide bonds. The summed E-state index contributed by atoms with van der Waals surface area (Å²) < 4.78 is 4.63. The van der Waals surface area contributed by atoms with Crippen LogP contribution in [0.25, 0.3) is 0 Å². The molecule has 0 aliphatic carbocycles. The second-order valence-electron chi connectivity index (χ2n) is 1.66. The lowest BCUT2D eigenvalue weighted by molar-refractivity contribution is -0.139. The van der Waals surface area contributed by atoms with Gasteiger partial charge >= 0.3 is 5.97 Å². The van der Waals surface area contributed by atoms with E-state index in [0.29, 0.717) is 11.9 Å². The molecule has 0 fully saturated rings. The average molecular weight is 193 g/mol. The van der Waals surface area contributed by atoms with Crippen LogP contribution in [0, 0.1) is 0 Å². The molecule has 0 aromatic carbocycles. The average Bonchev–Trinajstić information content (AvgIpc) is 1.83. The second kappa shape index (κ2) is 4.56. The van der Waals surface area contributed by atoms with Crippen LogP contribution in [0.2, 0.25) is 0 Å². The van der Waals surface area contributed by atoms with E-state index in [2.05, 4.69) is 27.2 Å². The monoisotopic (exact) mass is 192 g/mol. The molecule has 0 aromatic heterocycles. The van der Waals surface area contributed by atoms with Crippen LogP contribution in [0.1, 0.15) is 6.92 Å². The number of ether oxygens (including phenoxy) is 1. The molecule has 0 atom stereocenters. The van der Waals surface area contributed by atoms with Crippen LogP contribution in [-0.4, -0.2) is 17.9 Å². The first-order chi connectivity index (χ1) is 4.16. The molecule has 0 bridgehead atoms. The van der Waals surface area contributed by atoms with E-state index >= 15 is 0 Å². The van der Waals surface area contributed by atoms with Crippen LogP contribution in [0.15, 0.2) is 12.2 Å². The van der Waals surface area contributed by atoms with Crippen molar-refractivity contribution in [3.63, 3.8) is 0 Å². The molecule has 0 saturated heterocycles. The van der Waals surface area contributed by atoms with Gasteiger partial charge in [-0.1, -0.05) is 22.5 Å². The minimum absolute atomic E-state index is 0.267. The van der Waals surface area contributed by atoms with Crippen molar-refractivity contribution < 1.29 is 9.53 Å². The zero-order valence-electron chi connectivity index (χ0n) is 5.32. The van der Waals surface area contributed by atoms with Crippen LogP contribution in [0.5, 0.6) is 0 Å². The highest BCUT2D eigenvalue weighted by Gasteiger charge is 1.93. The summed E-state index contributed by atoms with van der Waals surface area (Å²) in [5.74, 6) is -0.267. The fraction of sp³-hybridized carbons (Fsp3) is 0.500. The molecule has 0 aliphatic heterocycles. The lowest BCUT2D eigenvalue weighted by Crippen LogP contribution is -2.02. The third kappa shape index (κ3) is 5.56. The summed E-state index contributed by atoms with van der Waals surface area (Å²) in [7, 11) is 0. The van der Waals surface area contributed by atoms with E-state index in [-0.39, 0.29) is 5.97 Å². The Bertz CT molecular complexity index is 120. The fourth-order valence-electron chi connectivity index (χ4n) is 0.242. The molecule has 0 saturated carbocycles. The van der Waals surface area contributed by atoms with Gasteiger partial charge in [0.1, 0.15) is 6.61 Å². The second-order valence-corrected chi connectivity index (χ2v) is 2.22. The zero-order chi connectivity index (χ0) is 7.28. The van der Waals surface area contributed by atoms with Gasteiger partial charge in [-0.2, -0.15) is 0 Å². The molecule has 0 rings (SSSR count). The van der Waals surface area contributed by atoms with E-state index < -0.39 is 0 Å². The predicted octanol–water partition coefficient (Wildman–Crippen LogP) is 1.50. The Morgan fingerprint density at radius 1 is 1.78 bits per heavy atom. The highest BCUT2D eigenvalue weighted by molar-refractivity contribution is 9.09. The number of carbonyl (C=O) groups excluding carboxylic acids is 1. The molecule has 0 N–H and O–H groups in total. The maximum atomic E-state index is 10.2. The van der Waals surface area contributed by atoms with E-state index in [1.807, 2.05) is 0 Å². The summed E-state index contributed by atoms with van der Waals surface area (Å²) in [4.78, 5) is 10.2. The van der Waals surface area contributed by atoms with Crippen molar-refractivity contribution in [2.45, 2.75) is 6.92 Å². The molecular weight excluding hydrogens is 184 g/mol. The summed E-state index contributed by atoms with van der Waals surface area (Å²) in [5.41, 5.74) is 0.866. The third-order valence-electron chi connectivity index (χ3n) is 0.669. The highest BCUT2D eigenvalue weighted by atomic mass is 79.9. The first-order valence-electron chi connectivity index (χ1n) is 2.52. The van der Waals surface area contributed by atoms with Crippen molar-refractivity contribution >= 4 is 21.9 Å². The molecule has 0 aromatic rings. The van der Waals surface area contributed by atoms with Gasteiger partial charge in [0.15, 0.2) is 0 Å². The van der Waals surface area contributed by atoms with Gasteiger partial charge in [-0.05, 0) is 5.57 Å². The highest BCUT2D eigenvalue weighted by Crippen LogP contribution is 1.95. The van der Waals surface area contributed by atoms with Gasteiger partial charge in [-0.15, -0.1) is 0 Å². The number of esters is 1. The SMILES string of the molecule is C=C(CBr)COC(C)=O. The molecule has 0 unspecified atom stereocenters. The summed E-state index contributed by atoms with van der Waals surface area (Å²) in [6.45, 7) is 5.32. The number of hydrogen-bond donors (Lipinski definition) is 0. The van der Waals surface area contributed by atoms with E-state index in [4.69, 9.17) is 0 Å². The Balaban J connectivity index is 3.28. The molecule has 9 heavy (non-hydrogen) atoms. The Morgan fingerprint density at radius 3 is 2.67 bits per heavy atom. The van der Waals surface area contributed by atoms with Gasteiger partial charge in [0.2, 0.25) is 0 Å². The molecule has 52 valence electrons. The number of rotatable bonds is 3. The van der Waals surface area contributed by atoms with Gasteiger partial charge < -0.3 is 4.74 Å². The molecule has 2 nitrogen and oxygen atoms in total. The number of alkyl halides is 1. The lowest BCUT2D eigenvalue weighted by atomic mass is 10.4. The van der Waals surface area contributed by atoms with Crippen molar-refractivity contribution in [1.29, 1.82) is 0 Å². The van der Waals surface area contributed by atoms with Crippen LogP contribution >= 0.6 is 15.9 Å². The van der Waals surface area contributed by atoms with E-state index in [1.54, 1.807) is 0 Å². The largest absolute Gasteiger partial charge is 0.461 e. The Kier molecular flexibility index (Phi) is 4.40. The van der Waals surface area contributed by atoms with Crippen molar-refractivity contribution in [1.82, 2.24) is 0 Å². The van der Waals surface area contributed by atoms with Crippen molar-refractivity contribution in [3.8, 4) is 0 Å². The molecule has 0 spiro atoms. The molecule has 0 radical (unpaired) electrons.